The number of benzene rings is 2. The van der Waals surface area contributed by atoms with Crippen molar-refractivity contribution in [2.45, 2.75) is 25.7 Å². The molecule has 2 heterocycles. The Morgan fingerprint density at radius 2 is 1.71 bits per heavy atom. The zero-order valence-electron chi connectivity index (χ0n) is 16.1. The number of hydrogen-bond acceptors (Lipinski definition) is 3. The van der Waals surface area contributed by atoms with E-state index in [1.807, 2.05) is 41.3 Å². The lowest BCUT2D eigenvalue weighted by Crippen LogP contribution is -2.30. The number of para-hydroxylation sites is 2. The van der Waals surface area contributed by atoms with Crippen molar-refractivity contribution in [2.75, 3.05) is 36.4 Å². The summed E-state index contributed by atoms with van der Waals surface area (Å²) in [5.74, 6) is -0.263. The normalized spacial score (nSPS) is 19.3. The molecule has 0 radical (unpaired) electrons. The van der Waals surface area contributed by atoms with Crippen LogP contribution in [-0.2, 0) is 16.0 Å². The van der Waals surface area contributed by atoms with Crippen LogP contribution in [0.3, 0.4) is 0 Å². The molecule has 2 aliphatic heterocycles. The number of likely N-dealkylation sites (tertiary alicyclic amines) is 1. The molecule has 0 aliphatic carbocycles. The third-order valence-corrected chi connectivity index (χ3v) is 5.71. The number of nitrogens with zero attached hydrogens (tertiary/aromatic N) is 2. The molecule has 2 fully saturated rings. The van der Waals surface area contributed by atoms with Crippen molar-refractivity contribution >= 4 is 23.2 Å². The topological polar surface area (TPSA) is 52.7 Å². The van der Waals surface area contributed by atoms with Crippen LogP contribution in [0.1, 0.15) is 24.8 Å². The monoisotopic (exact) mass is 377 g/mol. The Bertz CT molecular complexity index is 831. The van der Waals surface area contributed by atoms with E-state index in [0.29, 0.717) is 19.5 Å². The van der Waals surface area contributed by atoms with E-state index in [1.54, 1.807) is 0 Å². The minimum Gasteiger partial charge on any atom is -0.370 e. The molecule has 5 nitrogen and oxygen atoms in total. The van der Waals surface area contributed by atoms with Crippen LogP contribution in [0.2, 0.25) is 0 Å². The molecule has 0 saturated carbocycles. The van der Waals surface area contributed by atoms with E-state index >= 15 is 0 Å². The number of nitrogens with one attached hydrogen (secondary N) is 1. The molecule has 2 aromatic rings. The standard InChI is InChI=1S/C23H27N3O2/c27-22-16-19(17-26(22)15-12-18-8-2-1-3-9-18)23(28)24-20-10-4-5-11-21(20)25-13-6-7-14-25/h1-5,8-11,19H,6-7,12-17H2,(H,24,28)/t19-/m1/s1. The number of carbonyl (C=O) groups is 2. The lowest BCUT2D eigenvalue weighted by Gasteiger charge is -2.22. The van der Waals surface area contributed by atoms with Gasteiger partial charge in [0.25, 0.3) is 0 Å². The quantitative estimate of drug-likeness (QED) is 0.840. The molecule has 2 amide bonds. The lowest BCUT2D eigenvalue weighted by molar-refractivity contribution is -0.128. The number of carbonyl (C=O) groups excluding carboxylic acids is 2. The highest BCUT2D eigenvalue weighted by atomic mass is 16.2. The molecule has 2 aliphatic rings. The molecule has 146 valence electrons. The molecule has 2 saturated heterocycles. The molecule has 1 N–H and O–H groups in total. The molecular weight excluding hydrogens is 350 g/mol. The third kappa shape index (κ3) is 4.19. The Morgan fingerprint density at radius 1 is 1.00 bits per heavy atom. The van der Waals surface area contributed by atoms with Crippen molar-refractivity contribution in [1.29, 1.82) is 0 Å². The van der Waals surface area contributed by atoms with Gasteiger partial charge < -0.3 is 15.1 Å². The summed E-state index contributed by atoms with van der Waals surface area (Å²) < 4.78 is 0. The fourth-order valence-corrected chi connectivity index (χ4v) is 4.12. The second kappa shape index (κ2) is 8.46. The number of hydrogen-bond donors (Lipinski definition) is 1. The molecule has 5 heteroatoms. The number of rotatable bonds is 6. The summed E-state index contributed by atoms with van der Waals surface area (Å²) in [5.41, 5.74) is 3.14. The average Bonchev–Trinajstić information content (AvgIpc) is 3.38. The first-order chi connectivity index (χ1) is 13.7. The van der Waals surface area contributed by atoms with Crippen LogP contribution >= 0.6 is 0 Å². The van der Waals surface area contributed by atoms with Gasteiger partial charge in [0.05, 0.1) is 17.3 Å². The van der Waals surface area contributed by atoms with Crippen LogP contribution in [0.15, 0.2) is 54.6 Å². The van der Waals surface area contributed by atoms with E-state index in [0.717, 1.165) is 30.9 Å². The highest BCUT2D eigenvalue weighted by Crippen LogP contribution is 2.30. The Labute approximate surface area is 166 Å². The molecular formula is C23H27N3O2. The van der Waals surface area contributed by atoms with Gasteiger partial charge in [0.15, 0.2) is 0 Å². The van der Waals surface area contributed by atoms with Crippen LogP contribution in [0, 0.1) is 5.92 Å². The van der Waals surface area contributed by atoms with Crippen molar-refractivity contribution < 1.29 is 9.59 Å². The Balaban J connectivity index is 1.36. The van der Waals surface area contributed by atoms with Crippen molar-refractivity contribution in [3.05, 3.63) is 60.2 Å². The maximum Gasteiger partial charge on any atom is 0.229 e. The molecule has 0 unspecified atom stereocenters. The Kier molecular flexibility index (Phi) is 5.60. The van der Waals surface area contributed by atoms with E-state index in [-0.39, 0.29) is 17.7 Å². The van der Waals surface area contributed by atoms with E-state index in [2.05, 4.69) is 28.4 Å². The Morgan fingerprint density at radius 3 is 2.50 bits per heavy atom. The molecule has 0 spiro atoms. The van der Waals surface area contributed by atoms with Crippen LogP contribution in [0.25, 0.3) is 0 Å². The first-order valence-corrected chi connectivity index (χ1v) is 10.2. The number of amides is 2. The SMILES string of the molecule is O=C(Nc1ccccc1N1CCCC1)[C@@H]1CC(=O)N(CCc2ccccc2)C1. The summed E-state index contributed by atoms with van der Waals surface area (Å²) in [6, 6.07) is 18.1. The second-order valence-electron chi connectivity index (χ2n) is 7.68. The number of anilines is 2. The molecule has 0 bridgehead atoms. The summed E-state index contributed by atoms with van der Waals surface area (Å²) in [6.45, 7) is 3.23. The largest absolute Gasteiger partial charge is 0.370 e. The van der Waals surface area contributed by atoms with Crippen molar-refractivity contribution in [3.63, 3.8) is 0 Å². The van der Waals surface area contributed by atoms with Gasteiger partial charge in [-0.3, -0.25) is 9.59 Å². The van der Waals surface area contributed by atoms with Crippen LogP contribution in [0.4, 0.5) is 11.4 Å². The lowest BCUT2D eigenvalue weighted by atomic mass is 10.1. The predicted molar refractivity (Wildman–Crippen MR) is 111 cm³/mol. The van der Waals surface area contributed by atoms with Crippen LogP contribution in [-0.4, -0.2) is 42.9 Å². The molecule has 0 aromatic heterocycles. The average molecular weight is 377 g/mol. The highest BCUT2D eigenvalue weighted by molar-refractivity contribution is 5.99. The van der Waals surface area contributed by atoms with Gasteiger partial charge >= 0.3 is 0 Å². The van der Waals surface area contributed by atoms with E-state index in [9.17, 15) is 9.59 Å². The van der Waals surface area contributed by atoms with Gasteiger partial charge in [-0.2, -0.15) is 0 Å². The molecule has 28 heavy (non-hydrogen) atoms. The van der Waals surface area contributed by atoms with Crippen LogP contribution < -0.4 is 10.2 Å². The summed E-state index contributed by atoms with van der Waals surface area (Å²) >= 11 is 0. The van der Waals surface area contributed by atoms with Crippen molar-refractivity contribution in [2.24, 2.45) is 5.92 Å². The van der Waals surface area contributed by atoms with E-state index < -0.39 is 0 Å². The van der Waals surface area contributed by atoms with Crippen LogP contribution in [0.5, 0.6) is 0 Å². The summed E-state index contributed by atoms with van der Waals surface area (Å²) in [4.78, 5) is 29.4. The summed E-state index contributed by atoms with van der Waals surface area (Å²) in [7, 11) is 0. The van der Waals surface area contributed by atoms with Crippen molar-refractivity contribution in [1.82, 2.24) is 4.90 Å². The first-order valence-electron chi connectivity index (χ1n) is 10.2. The summed E-state index contributed by atoms with van der Waals surface area (Å²) in [5, 5.41) is 3.08. The zero-order chi connectivity index (χ0) is 19.3. The highest BCUT2D eigenvalue weighted by Gasteiger charge is 2.34. The summed E-state index contributed by atoms with van der Waals surface area (Å²) in [6.07, 6.45) is 3.50. The zero-order valence-corrected chi connectivity index (χ0v) is 16.1. The van der Waals surface area contributed by atoms with Gasteiger partial charge in [-0.15, -0.1) is 0 Å². The second-order valence-corrected chi connectivity index (χ2v) is 7.68. The first kappa shape index (κ1) is 18.5. The predicted octanol–water partition coefficient (Wildman–Crippen LogP) is 3.32. The molecule has 1 atom stereocenters. The minimum absolute atomic E-state index is 0.0535. The van der Waals surface area contributed by atoms with Gasteiger partial charge in [-0.25, -0.2) is 0 Å². The van der Waals surface area contributed by atoms with Gasteiger partial charge in [0, 0.05) is 32.6 Å². The van der Waals surface area contributed by atoms with E-state index in [4.69, 9.17) is 0 Å². The molecule has 2 aromatic carbocycles. The van der Waals surface area contributed by atoms with E-state index in [1.165, 1.54) is 18.4 Å². The van der Waals surface area contributed by atoms with Crippen molar-refractivity contribution in [3.8, 4) is 0 Å². The fraction of sp³-hybridized carbons (Fsp3) is 0.391. The Hall–Kier alpha value is -2.82. The van der Waals surface area contributed by atoms with Gasteiger partial charge in [0.1, 0.15) is 0 Å². The molecule has 4 rings (SSSR count). The van der Waals surface area contributed by atoms with Gasteiger partial charge in [-0.1, -0.05) is 42.5 Å². The maximum absolute atomic E-state index is 12.8. The maximum atomic E-state index is 12.8. The fourth-order valence-electron chi connectivity index (χ4n) is 4.12. The van der Waals surface area contributed by atoms with Gasteiger partial charge in [-0.05, 0) is 37.0 Å². The smallest absolute Gasteiger partial charge is 0.229 e. The minimum atomic E-state index is -0.282. The third-order valence-electron chi connectivity index (χ3n) is 5.71. The van der Waals surface area contributed by atoms with Gasteiger partial charge in [0.2, 0.25) is 11.8 Å².